The molecule has 5 rings (SSSR count). The smallest absolute Gasteiger partial charge is 0.256 e. The fraction of sp³-hybridized carbons (Fsp3) is 0.381. The minimum absolute atomic E-state index is 0.145. The Bertz CT molecular complexity index is 1160. The van der Waals surface area contributed by atoms with Crippen LogP contribution in [0.5, 0.6) is 0 Å². The molecule has 3 aromatic rings. The molecule has 160 valence electrons. The number of nitrogens with zero attached hydrogens (tertiary/aromatic N) is 4. The Kier molecular flexibility index (Phi) is 4.58. The van der Waals surface area contributed by atoms with Crippen molar-refractivity contribution in [3.63, 3.8) is 0 Å². The van der Waals surface area contributed by atoms with Gasteiger partial charge in [-0.2, -0.15) is 0 Å². The number of ether oxygens (including phenoxy) is 3. The van der Waals surface area contributed by atoms with Crippen LogP contribution in [0.25, 0.3) is 11.2 Å². The summed E-state index contributed by atoms with van der Waals surface area (Å²) in [6, 6.07) is 8.81. The van der Waals surface area contributed by atoms with Crippen molar-refractivity contribution < 1.29 is 23.8 Å². The molecule has 0 bridgehead atoms. The van der Waals surface area contributed by atoms with E-state index in [1.807, 2.05) is 6.07 Å². The number of hydrogen-bond donors (Lipinski definition) is 1. The number of imidazole rings is 1. The van der Waals surface area contributed by atoms with Gasteiger partial charge in [0, 0.05) is 5.56 Å². The molecule has 2 aliphatic heterocycles. The van der Waals surface area contributed by atoms with E-state index in [1.54, 1.807) is 42.7 Å². The van der Waals surface area contributed by atoms with Crippen LogP contribution in [0.1, 0.15) is 37.4 Å². The SMILES string of the molecule is CC(=O)[C@H]1O[C@@H](n2cnc3c(NC(=O)c4ccccc4)ncnc32)[C@@H]2OC(C)(C)O[C@@H]21. The monoisotopic (exact) mass is 423 g/mol. The van der Waals surface area contributed by atoms with Crippen LogP contribution in [-0.4, -0.2) is 55.3 Å². The Morgan fingerprint density at radius 3 is 2.55 bits per heavy atom. The zero-order valence-electron chi connectivity index (χ0n) is 17.2. The van der Waals surface area contributed by atoms with E-state index in [1.165, 1.54) is 19.6 Å². The highest BCUT2D eigenvalue weighted by atomic mass is 16.8. The highest BCUT2D eigenvalue weighted by Gasteiger charge is 2.57. The van der Waals surface area contributed by atoms with E-state index < -0.39 is 30.3 Å². The molecule has 2 aromatic heterocycles. The number of amides is 1. The first kappa shape index (κ1) is 19.7. The molecule has 0 aliphatic carbocycles. The quantitative estimate of drug-likeness (QED) is 0.678. The molecule has 4 atom stereocenters. The first-order valence-electron chi connectivity index (χ1n) is 9.89. The standard InChI is InChI=1S/C21H21N5O5/c1-11(27)14-15-16(31-21(2,3)30-15)20(29-14)26-10-24-13-17(22-9-23-18(13)26)25-19(28)12-7-5-4-6-8-12/h4-10,14-16,20H,1-3H3,(H,22,23,25,28)/t14-,15-,16-,20-/m1/s1. The maximum Gasteiger partial charge on any atom is 0.256 e. The molecule has 10 nitrogen and oxygen atoms in total. The highest BCUT2D eigenvalue weighted by Crippen LogP contribution is 2.44. The van der Waals surface area contributed by atoms with Gasteiger partial charge in [-0.3, -0.25) is 14.2 Å². The molecule has 1 amide bonds. The summed E-state index contributed by atoms with van der Waals surface area (Å²) in [5.74, 6) is -1.02. The maximum atomic E-state index is 12.6. The summed E-state index contributed by atoms with van der Waals surface area (Å²) >= 11 is 0. The number of benzene rings is 1. The number of carbonyl (C=O) groups is 2. The van der Waals surface area contributed by atoms with Crippen LogP contribution >= 0.6 is 0 Å². The second-order valence-electron chi connectivity index (χ2n) is 7.99. The Balaban J connectivity index is 1.49. The van der Waals surface area contributed by atoms with E-state index >= 15 is 0 Å². The van der Waals surface area contributed by atoms with Gasteiger partial charge in [-0.25, -0.2) is 15.0 Å². The van der Waals surface area contributed by atoms with Crippen molar-refractivity contribution in [2.75, 3.05) is 5.32 Å². The van der Waals surface area contributed by atoms with Gasteiger partial charge in [0.2, 0.25) is 0 Å². The van der Waals surface area contributed by atoms with Gasteiger partial charge in [0.05, 0.1) is 6.33 Å². The summed E-state index contributed by atoms with van der Waals surface area (Å²) in [4.78, 5) is 37.6. The van der Waals surface area contributed by atoms with Gasteiger partial charge < -0.3 is 19.5 Å². The summed E-state index contributed by atoms with van der Waals surface area (Å²) in [5, 5.41) is 2.77. The van der Waals surface area contributed by atoms with Gasteiger partial charge in [-0.05, 0) is 32.9 Å². The molecule has 0 spiro atoms. The molecule has 2 aliphatic rings. The largest absolute Gasteiger partial charge is 0.341 e. The minimum atomic E-state index is -0.842. The van der Waals surface area contributed by atoms with Gasteiger partial charge in [0.1, 0.15) is 24.6 Å². The predicted octanol–water partition coefficient (Wildman–Crippen LogP) is 2.09. The van der Waals surface area contributed by atoms with Crippen molar-refractivity contribution in [2.24, 2.45) is 0 Å². The molecule has 2 fully saturated rings. The second kappa shape index (κ2) is 7.19. The number of Topliss-reactive ketones (excluding diaryl/α,β-unsaturated/α-hetero) is 1. The Labute approximate surface area is 177 Å². The second-order valence-corrected chi connectivity index (χ2v) is 7.99. The van der Waals surface area contributed by atoms with Gasteiger partial charge in [-0.15, -0.1) is 0 Å². The average molecular weight is 423 g/mol. The fourth-order valence-corrected chi connectivity index (χ4v) is 4.03. The number of hydrogen-bond acceptors (Lipinski definition) is 8. The predicted molar refractivity (Wildman–Crippen MR) is 108 cm³/mol. The lowest BCUT2D eigenvalue weighted by Crippen LogP contribution is -2.34. The van der Waals surface area contributed by atoms with E-state index in [2.05, 4.69) is 20.3 Å². The van der Waals surface area contributed by atoms with Crippen molar-refractivity contribution >= 4 is 28.7 Å². The lowest BCUT2D eigenvalue weighted by molar-refractivity contribution is -0.196. The Morgan fingerprint density at radius 2 is 1.81 bits per heavy atom. The minimum Gasteiger partial charge on any atom is -0.341 e. The van der Waals surface area contributed by atoms with E-state index in [0.717, 1.165) is 0 Å². The van der Waals surface area contributed by atoms with Crippen LogP contribution < -0.4 is 5.32 Å². The number of ketones is 1. The summed E-state index contributed by atoms with van der Waals surface area (Å²) in [5.41, 5.74) is 1.34. The molecule has 10 heteroatoms. The van der Waals surface area contributed by atoms with Gasteiger partial charge >= 0.3 is 0 Å². The normalized spacial score (nSPS) is 26.7. The molecular formula is C21H21N5O5. The third kappa shape index (κ3) is 3.38. The summed E-state index contributed by atoms with van der Waals surface area (Å²) in [6.07, 6.45) is 0.404. The van der Waals surface area contributed by atoms with Crippen LogP contribution in [0.2, 0.25) is 0 Å². The zero-order chi connectivity index (χ0) is 21.8. The summed E-state index contributed by atoms with van der Waals surface area (Å²) in [6.45, 7) is 5.06. The van der Waals surface area contributed by atoms with Gasteiger partial charge in [0.15, 0.2) is 34.8 Å². The maximum absolute atomic E-state index is 12.6. The van der Waals surface area contributed by atoms with Gasteiger partial charge in [-0.1, -0.05) is 18.2 Å². The van der Waals surface area contributed by atoms with E-state index in [0.29, 0.717) is 16.7 Å². The van der Waals surface area contributed by atoms with Gasteiger partial charge in [0.25, 0.3) is 5.91 Å². The molecule has 0 unspecified atom stereocenters. The first-order chi connectivity index (χ1) is 14.8. The zero-order valence-corrected chi connectivity index (χ0v) is 17.2. The lowest BCUT2D eigenvalue weighted by Gasteiger charge is -2.24. The topological polar surface area (TPSA) is 117 Å². The number of carbonyl (C=O) groups excluding carboxylic acids is 2. The van der Waals surface area contributed by atoms with Crippen molar-refractivity contribution in [3.8, 4) is 0 Å². The van der Waals surface area contributed by atoms with E-state index in [-0.39, 0.29) is 17.5 Å². The number of fused-ring (bicyclic) bond motifs is 2. The third-order valence-corrected chi connectivity index (χ3v) is 5.33. The molecule has 1 N–H and O–H groups in total. The van der Waals surface area contributed by atoms with Crippen LogP contribution in [-0.2, 0) is 19.0 Å². The number of rotatable bonds is 4. The number of nitrogens with one attached hydrogen (secondary N) is 1. The Hall–Kier alpha value is -3.21. The fourth-order valence-electron chi connectivity index (χ4n) is 4.03. The van der Waals surface area contributed by atoms with Crippen LogP contribution in [0.15, 0.2) is 43.0 Å². The molecule has 2 saturated heterocycles. The van der Waals surface area contributed by atoms with Crippen LogP contribution in [0.3, 0.4) is 0 Å². The molecule has 31 heavy (non-hydrogen) atoms. The van der Waals surface area contributed by atoms with Crippen molar-refractivity contribution in [1.29, 1.82) is 0 Å². The van der Waals surface area contributed by atoms with Crippen LogP contribution in [0.4, 0.5) is 5.82 Å². The lowest BCUT2D eigenvalue weighted by atomic mass is 10.1. The van der Waals surface area contributed by atoms with E-state index in [4.69, 9.17) is 14.2 Å². The summed E-state index contributed by atoms with van der Waals surface area (Å²) in [7, 11) is 0. The Morgan fingerprint density at radius 1 is 1.06 bits per heavy atom. The molecule has 4 heterocycles. The molecule has 0 radical (unpaired) electrons. The van der Waals surface area contributed by atoms with E-state index in [9.17, 15) is 9.59 Å². The first-order valence-corrected chi connectivity index (χ1v) is 9.89. The van der Waals surface area contributed by atoms with Crippen molar-refractivity contribution in [2.45, 2.75) is 51.1 Å². The van der Waals surface area contributed by atoms with Crippen molar-refractivity contribution in [3.05, 3.63) is 48.5 Å². The van der Waals surface area contributed by atoms with Crippen molar-refractivity contribution in [1.82, 2.24) is 19.5 Å². The molecular weight excluding hydrogens is 402 g/mol. The summed E-state index contributed by atoms with van der Waals surface area (Å²) < 4.78 is 19.6. The van der Waals surface area contributed by atoms with Crippen LogP contribution in [0, 0.1) is 0 Å². The average Bonchev–Trinajstić information content (AvgIpc) is 3.39. The number of anilines is 1. The number of aromatic nitrogens is 4. The highest BCUT2D eigenvalue weighted by molar-refractivity contribution is 6.06. The molecule has 1 aromatic carbocycles. The third-order valence-electron chi connectivity index (χ3n) is 5.33. The molecule has 0 saturated carbocycles.